The Bertz CT molecular complexity index is 1400. The number of benzene rings is 2. The van der Waals surface area contributed by atoms with Gasteiger partial charge in [0.05, 0.1) is 10.3 Å². The molecule has 6 heteroatoms. The Morgan fingerprint density at radius 1 is 0.931 bits per heavy atom. The van der Waals surface area contributed by atoms with Crippen molar-refractivity contribution in [3.8, 4) is 10.8 Å². The first-order chi connectivity index (χ1) is 14.2. The van der Waals surface area contributed by atoms with Crippen molar-refractivity contribution in [2.75, 3.05) is 0 Å². The molecular formula is C23H11NO3S2. The van der Waals surface area contributed by atoms with Gasteiger partial charge in [0.1, 0.15) is 5.58 Å². The molecule has 0 radical (unpaired) electrons. The molecule has 0 saturated carbocycles. The van der Waals surface area contributed by atoms with Crippen molar-refractivity contribution in [1.82, 2.24) is 4.98 Å². The lowest BCUT2D eigenvalue weighted by Crippen LogP contribution is -1.99. The number of rotatable bonds is 2. The minimum absolute atomic E-state index is 0.208. The van der Waals surface area contributed by atoms with Crippen LogP contribution in [0.1, 0.15) is 25.6 Å². The topological polar surface area (TPSA) is 60.2 Å². The van der Waals surface area contributed by atoms with Gasteiger partial charge in [-0.1, -0.05) is 24.3 Å². The van der Waals surface area contributed by atoms with Gasteiger partial charge < -0.3 is 4.42 Å². The van der Waals surface area contributed by atoms with E-state index >= 15 is 0 Å². The normalized spacial score (nSPS) is 13.6. The number of carbonyl (C=O) groups excluding carboxylic acids is 2. The molecule has 4 nitrogen and oxygen atoms in total. The van der Waals surface area contributed by atoms with Crippen LogP contribution in [0.2, 0.25) is 0 Å². The predicted octanol–water partition coefficient (Wildman–Crippen LogP) is 6.23. The molecule has 138 valence electrons. The third-order valence-corrected chi connectivity index (χ3v) is 6.82. The maximum atomic E-state index is 12.9. The number of hydrogen-bond donors (Lipinski definition) is 0. The fraction of sp³-hybridized carbons (Fsp3) is 0. The second kappa shape index (κ2) is 6.07. The Morgan fingerprint density at radius 3 is 2.28 bits per heavy atom. The van der Waals surface area contributed by atoms with Gasteiger partial charge in [-0.15, -0.1) is 22.7 Å². The molecule has 0 atom stereocenters. The predicted molar refractivity (Wildman–Crippen MR) is 116 cm³/mol. The minimum atomic E-state index is -0.218. The zero-order valence-electron chi connectivity index (χ0n) is 14.8. The van der Waals surface area contributed by atoms with Gasteiger partial charge in [0.15, 0.2) is 22.3 Å². The van der Waals surface area contributed by atoms with Crippen molar-refractivity contribution < 1.29 is 14.0 Å². The number of thiazole rings is 1. The molecule has 0 saturated heterocycles. The summed E-state index contributed by atoms with van der Waals surface area (Å²) in [5.41, 5.74) is 1.89. The highest BCUT2D eigenvalue weighted by Gasteiger charge is 2.33. The zero-order valence-corrected chi connectivity index (χ0v) is 16.5. The minimum Gasteiger partial charge on any atom is -0.453 e. The summed E-state index contributed by atoms with van der Waals surface area (Å²) in [7, 11) is 0. The smallest absolute Gasteiger partial charge is 0.197 e. The summed E-state index contributed by atoms with van der Waals surface area (Å²) in [6.45, 7) is 0. The van der Waals surface area contributed by atoms with Crippen LogP contribution < -0.4 is 0 Å². The molecule has 0 aliphatic heterocycles. The number of Topliss-reactive ketones (excluding diaryl/α,β-unsaturated/α-hetero) is 2. The van der Waals surface area contributed by atoms with Crippen LogP contribution in [0.15, 0.2) is 70.1 Å². The summed E-state index contributed by atoms with van der Waals surface area (Å²) in [4.78, 5) is 30.9. The summed E-state index contributed by atoms with van der Waals surface area (Å²) in [6, 6.07) is 15.2. The molecule has 0 amide bonds. The van der Waals surface area contributed by atoms with Gasteiger partial charge in [-0.25, -0.2) is 4.98 Å². The molecule has 29 heavy (non-hydrogen) atoms. The standard InChI is InChI=1S/C23H11NO3S2/c25-21-15-7-12-3-1-2-4-13(12)8-16(15)22(26)17(21)9-14-10-18-20(29-14)11-19(27-18)23-24-5-6-28-23/h1-11H. The summed E-state index contributed by atoms with van der Waals surface area (Å²) >= 11 is 3.01. The second-order valence-electron chi connectivity index (χ2n) is 6.79. The summed E-state index contributed by atoms with van der Waals surface area (Å²) in [6.07, 6.45) is 3.42. The lowest BCUT2D eigenvalue weighted by molar-refractivity contribution is 0.0990. The molecule has 0 unspecified atom stereocenters. The van der Waals surface area contributed by atoms with Crippen LogP contribution in [-0.4, -0.2) is 16.6 Å². The number of thiophene rings is 1. The van der Waals surface area contributed by atoms with E-state index in [4.69, 9.17) is 4.42 Å². The average molecular weight is 413 g/mol. The van der Waals surface area contributed by atoms with Crippen LogP contribution in [-0.2, 0) is 0 Å². The fourth-order valence-electron chi connectivity index (χ4n) is 3.66. The first-order valence-corrected chi connectivity index (χ1v) is 10.6. The van der Waals surface area contributed by atoms with Crippen molar-refractivity contribution in [2.24, 2.45) is 0 Å². The third-order valence-electron chi connectivity index (χ3n) is 5.02. The van der Waals surface area contributed by atoms with E-state index in [0.717, 1.165) is 36.7 Å². The second-order valence-corrected chi connectivity index (χ2v) is 8.80. The monoisotopic (exact) mass is 413 g/mol. The molecule has 6 rings (SSSR count). The van der Waals surface area contributed by atoms with E-state index in [9.17, 15) is 9.59 Å². The van der Waals surface area contributed by atoms with Gasteiger partial charge >= 0.3 is 0 Å². The highest BCUT2D eigenvalue weighted by atomic mass is 32.1. The lowest BCUT2D eigenvalue weighted by atomic mass is 10.0. The van der Waals surface area contributed by atoms with Crippen molar-refractivity contribution in [2.45, 2.75) is 0 Å². The van der Waals surface area contributed by atoms with Crippen LogP contribution in [0.4, 0.5) is 0 Å². The van der Waals surface area contributed by atoms with Crippen molar-refractivity contribution >= 4 is 61.4 Å². The first kappa shape index (κ1) is 16.6. The van der Waals surface area contributed by atoms with Crippen LogP contribution in [0.25, 0.3) is 37.9 Å². The highest BCUT2D eigenvalue weighted by Crippen LogP contribution is 2.37. The van der Waals surface area contributed by atoms with Crippen molar-refractivity contribution in [3.63, 3.8) is 0 Å². The number of fused-ring (bicyclic) bond motifs is 3. The van der Waals surface area contributed by atoms with Gasteiger partial charge in [-0.05, 0) is 35.0 Å². The number of nitrogens with zero attached hydrogens (tertiary/aromatic N) is 1. The first-order valence-electron chi connectivity index (χ1n) is 8.94. The summed E-state index contributed by atoms with van der Waals surface area (Å²) < 4.78 is 6.85. The van der Waals surface area contributed by atoms with Crippen LogP contribution in [0.3, 0.4) is 0 Å². The van der Waals surface area contributed by atoms with Gasteiger partial charge in [0, 0.05) is 33.6 Å². The fourth-order valence-corrected chi connectivity index (χ4v) is 5.21. The molecule has 0 fully saturated rings. The molecule has 1 aliphatic carbocycles. The van der Waals surface area contributed by atoms with Crippen LogP contribution in [0.5, 0.6) is 0 Å². The Kier molecular flexibility index (Phi) is 3.47. The van der Waals surface area contributed by atoms with Crippen LogP contribution >= 0.6 is 22.7 Å². The molecule has 5 aromatic rings. The zero-order chi connectivity index (χ0) is 19.5. The number of hydrogen-bond acceptors (Lipinski definition) is 6. The maximum Gasteiger partial charge on any atom is 0.197 e. The summed E-state index contributed by atoms with van der Waals surface area (Å²) in [5.74, 6) is 0.293. The van der Waals surface area contributed by atoms with E-state index in [1.54, 1.807) is 12.3 Å². The molecular weight excluding hydrogens is 402 g/mol. The Hall–Kier alpha value is -3.35. The lowest BCUT2D eigenvalue weighted by Gasteiger charge is -2.00. The SMILES string of the molecule is O=C1C(=Cc2cc3oc(-c4nccs4)cc3s2)C(=O)c2cc3ccccc3cc21. The molecule has 2 aromatic carbocycles. The van der Waals surface area contributed by atoms with Gasteiger partial charge in [0.25, 0.3) is 0 Å². The molecule has 0 spiro atoms. The van der Waals surface area contributed by atoms with E-state index in [1.165, 1.54) is 22.7 Å². The van der Waals surface area contributed by atoms with Crippen molar-refractivity contribution in [3.05, 3.63) is 81.7 Å². The molecule has 3 aromatic heterocycles. The van der Waals surface area contributed by atoms with Gasteiger partial charge in [-0.3, -0.25) is 9.59 Å². The Labute approximate surface area is 172 Å². The molecule has 0 N–H and O–H groups in total. The van der Waals surface area contributed by atoms with Crippen LogP contribution in [0, 0.1) is 0 Å². The number of ketones is 2. The largest absolute Gasteiger partial charge is 0.453 e. The maximum absolute atomic E-state index is 12.9. The Morgan fingerprint density at radius 2 is 1.66 bits per heavy atom. The number of aromatic nitrogens is 1. The van der Waals surface area contributed by atoms with E-state index in [2.05, 4.69) is 4.98 Å². The van der Waals surface area contributed by atoms with E-state index in [1.807, 2.05) is 53.9 Å². The molecule has 3 heterocycles. The van der Waals surface area contributed by atoms with Gasteiger partial charge in [0.2, 0.25) is 0 Å². The van der Waals surface area contributed by atoms with Gasteiger partial charge in [-0.2, -0.15) is 0 Å². The summed E-state index contributed by atoms with van der Waals surface area (Å²) in [5, 5.41) is 4.64. The number of allylic oxidation sites excluding steroid dienone is 1. The highest BCUT2D eigenvalue weighted by molar-refractivity contribution is 7.20. The number of carbonyl (C=O) groups is 2. The molecule has 1 aliphatic rings. The Balaban J connectivity index is 1.41. The quantitative estimate of drug-likeness (QED) is 0.254. The average Bonchev–Trinajstić information content (AvgIpc) is 3.48. The molecule has 0 bridgehead atoms. The van der Waals surface area contributed by atoms with E-state index in [-0.39, 0.29) is 17.1 Å². The number of furan rings is 1. The van der Waals surface area contributed by atoms with E-state index < -0.39 is 0 Å². The van der Waals surface area contributed by atoms with E-state index in [0.29, 0.717) is 11.1 Å². The third kappa shape index (κ3) is 2.53. The van der Waals surface area contributed by atoms with Crippen molar-refractivity contribution in [1.29, 1.82) is 0 Å².